The van der Waals surface area contributed by atoms with Crippen molar-refractivity contribution >= 4 is 17.9 Å². The van der Waals surface area contributed by atoms with E-state index in [4.69, 9.17) is 14.2 Å². The summed E-state index contributed by atoms with van der Waals surface area (Å²) in [4.78, 5) is 38.3. The minimum absolute atomic E-state index is 0.139. The minimum Gasteiger partial charge on any atom is -0.462 e. The van der Waals surface area contributed by atoms with Gasteiger partial charge in [-0.05, 0) is 154 Å². The summed E-state index contributed by atoms with van der Waals surface area (Å²) in [6, 6.07) is 0. The van der Waals surface area contributed by atoms with Crippen molar-refractivity contribution in [3.63, 3.8) is 0 Å². The van der Waals surface area contributed by atoms with Gasteiger partial charge in [0.15, 0.2) is 6.10 Å². The van der Waals surface area contributed by atoms with E-state index in [1.807, 2.05) is 12.2 Å². The first-order valence-electron chi connectivity index (χ1n) is 31.6. The van der Waals surface area contributed by atoms with E-state index in [0.717, 1.165) is 154 Å². The third-order valence-corrected chi connectivity index (χ3v) is 12.3. The molecule has 0 spiro atoms. The maximum absolute atomic E-state index is 12.9. The lowest BCUT2D eigenvalue weighted by Gasteiger charge is -2.18. The van der Waals surface area contributed by atoms with Crippen LogP contribution in [-0.4, -0.2) is 37.2 Å². The smallest absolute Gasteiger partial charge is 0.306 e. The second-order valence-corrected chi connectivity index (χ2v) is 19.8. The molecule has 0 amide bonds. The van der Waals surface area contributed by atoms with E-state index in [1.165, 1.54) is 19.3 Å². The molecule has 0 radical (unpaired) electrons. The van der Waals surface area contributed by atoms with E-state index in [-0.39, 0.29) is 38.0 Å². The Morgan fingerprint density at radius 3 is 0.765 bits per heavy atom. The second kappa shape index (κ2) is 66.5. The lowest BCUT2D eigenvalue weighted by molar-refractivity contribution is -0.166. The summed E-state index contributed by atoms with van der Waals surface area (Å²) in [5.74, 6) is -1.09. The summed E-state index contributed by atoms with van der Waals surface area (Å²) in [6.45, 7) is 6.17. The van der Waals surface area contributed by atoms with Gasteiger partial charge in [-0.1, -0.05) is 259 Å². The summed E-state index contributed by atoms with van der Waals surface area (Å²) in [5.41, 5.74) is 0. The number of esters is 3. The van der Waals surface area contributed by atoms with Gasteiger partial charge in [0.05, 0.1) is 0 Å². The van der Waals surface area contributed by atoms with Gasteiger partial charge in [-0.2, -0.15) is 0 Å². The van der Waals surface area contributed by atoms with Crippen LogP contribution in [-0.2, 0) is 28.6 Å². The molecular formula is C75H112O6. The molecule has 1 unspecified atom stereocenters. The fourth-order valence-electron chi connectivity index (χ4n) is 7.67. The zero-order chi connectivity index (χ0) is 58.5. The zero-order valence-electron chi connectivity index (χ0n) is 51.2. The number of hydrogen-bond acceptors (Lipinski definition) is 6. The summed E-state index contributed by atoms with van der Waals surface area (Å²) < 4.78 is 16.8. The van der Waals surface area contributed by atoms with Crippen LogP contribution >= 0.6 is 0 Å². The Bertz CT molecular complexity index is 2000. The SMILES string of the molecule is CC/C=C\C/C=C\C/C=C\C/C=C\C/C=C\C/C=C\C/C=C\C/C=C\CCCCC(=O)OCC(COC(=O)CCCCCCCCC/C=C\C/C=C\C/C=C\CC)OC(=O)CC/C=C\C/C=C\C/C=C\C/C=C\C/C=C\C/C=C\CC. The van der Waals surface area contributed by atoms with Gasteiger partial charge in [-0.3, -0.25) is 14.4 Å². The average molecular weight is 1110 g/mol. The van der Waals surface area contributed by atoms with Crippen LogP contribution < -0.4 is 0 Å². The number of hydrogen-bond donors (Lipinski definition) is 0. The maximum Gasteiger partial charge on any atom is 0.306 e. The second-order valence-electron chi connectivity index (χ2n) is 19.8. The Kier molecular flexibility index (Phi) is 61.6. The fraction of sp³-hybridized carbons (Fsp3) is 0.507. The number of carbonyl (C=O) groups excluding carboxylic acids is 3. The topological polar surface area (TPSA) is 78.9 Å². The van der Waals surface area contributed by atoms with Gasteiger partial charge in [0.1, 0.15) is 13.2 Å². The lowest BCUT2D eigenvalue weighted by atomic mass is 10.1. The van der Waals surface area contributed by atoms with Gasteiger partial charge >= 0.3 is 17.9 Å². The summed E-state index contributed by atoms with van der Waals surface area (Å²) in [7, 11) is 0. The van der Waals surface area contributed by atoms with Gasteiger partial charge in [0, 0.05) is 19.3 Å². The molecule has 0 fully saturated rings. The lowest BCUT2D eigenvalue weighted by Crippen LogP contribution is -2.30. The van der Waals surface area contributed by atoms with E-state index in [1.54, 1.807) is 0 Å². The number of allylic oxidation sites excluding steroid dienone is 34. The highest BCUT2D eigenvalue weighted by atomic mass is 16.6. The van der Waals surface area contributed by atoms with Crippen molar-refractivity contribution in [2.45, 2.75) is 232 Å². The molecule has 0 rings (SSSR count). The third-order valence-electron chi connectivity index (χ3n) is 12.3. The van der Waals surface area contributed by atoms with Gasteiger partial charge in [-0.15, -0.1) is 0 Å². The number of unbranched alkanes of at least 4 members (excludes halogenated alkanes) is 9. The van der Waals surface area contributed by atoms with Gasteiger partial charge in [0.25, 0.3) is 0 Å². The Hall–Kier alpha value is -6.01. The van der Waals surface area contributed by atoms with Crippen molar-refractivity contribution < 1.29 is 28.6 Å². The van der Waals surface area contributed by atoms with Gasteiger partial charge in [0.2, 0.25) is 0 Å². The van der Waals surface area contributed by atoms with Crippen LogP contribution in [0.1, 0.15) is 226 Å². The highest BCUT2D eigenvalue weighted by molar-refractivity contribution is 5.71. The summed E-state index contributed by atoms with van der Waals surface area (Å²) in [5, 5.41) is 0. The molecule has 1 atom stereocenters. The molecule has 6 heteroatoms. The molecular weight excluding hydrogens is 997 g/mol. The fourth-order valence-corrected chi connectivity index (χ4v) is 7.67. The third kappa shape index (κ3) is 64.7. The van der Waals surface area contributed by atoms with Crippen LogP contribution in [0, 0.1) is 0 Å². The molecule has 81 heavy (non-hydrogen) atoms. The molecule has 0 bridgehead atoms. The normalized spacial score (nSPS) is 13.6. The van der Waals surface area contributed by atoms with Gasteiger partial charge in [-0.25, -0.2) is 0 Å². The van der Waals surface area contributed by atoms with Crippen molar-refractivity contribution in [3.8, 4) is 0 Å². The van der Waals surface area contributed by atoms with Crippen molar-refractivity contribution in [1.82, 2.24) is 0 Å². The highest BCUT2D eigenvalue weighted by Gasteiger charge is 2.19. The molecule has 0 aliphatic heterocycles. The standard InChI is InChI=1S/C75H112O6/c1-4-7-10-13-16-19-22-25-28-31-33-34-35-36-37-38-39-40-42-44-47-50-53-56-59-62-65-68-74(77)80-71-72(70-79-73(76)67-64-61-58-55-52-49-46-43-30-27-24-21-18-15-12-9-6-3)81-75(78)69-66-63-60-57-54-51-48-45-41-32-29-26-23-20-17-14-11-8-5-2/h7-12,16-21,25-30,33-34,36-37,39-41,44-45,47,51,53-54,56,60,63,72H,4-6,13-15,22-24,31-32,35,38,42-43,46,48-50,52,55,57-59,61-62,64-71H2,1-3H3/b10-7-,11-8-,12-9-,19-16-,20-17-,21-18-,28-25-,29-26-,30-27-,34-33-,37-36-,40-39-,45-41-,47-44-,54-51-,56-53-,63-60-. The molecule has 6 nitrogen and oxygen atoms in total. The Balaban J connectivity index is 4.61. The number of carbonyl (C=O) groups is 3. The first-order chi connectivity index (χ1) is 40.0. The number of ether oxygens (including phenoxy) is 3. The molecule has 0 heterocycles. The molecule has 0 saturated carbocycles. The quantitative estimate of drug-likeness (QED) is 0.0261. The van der Waals surface area contributed by atoms with E-state index >= 15 is 0 Å². The number of rotatable bonds is 54. The van der Waals surface area contributed by atoms with Crippen LogP contribution in [0.3, 0.4) is 0 Å². The van der Waals surface area contributed by atoms with Crippen LogP contribution in [0.15, 0.2) is 207 Å². The van der Waals surface area contributed by atoms with Gasteiger partial charge < -0.3 is 14.2 Å². The molecule has 0 aliphatic carbocycles. The first-order valence-corrected chi connectivity index (χ1v) is 31.6. The minimum atomic E-state index is -0.856. The Morgan fingerprint density at radius 2 is 0.469 bits per heavy atom. The summed E-state index contributed by atoms with van der Waals surface area (Å²) >= 11 is 0. The Labute approximate surface area is 496 Å². The average Bonchev–Trinajstić information content (AvgIpc) is 3.47. The highest BCUT2D eigenvalue weighted by Crippen LogP contribution is 2.12. The molecule has 0 N–H and O–H groups in total. The molecule has 0 aromatic rings. The molecule has 0 aliphatic rings. The molecule has 448 valence electrons. The van der Waals surface area contributed by atoms with E-state index in [9.17, 15) is 14.4 Å². The van der Waals surface area contributed by atoms with Crippen LogP contribution in [0.25, 0.3) is 0 Å². The van der Waals surface area contributed by atoms with E-state index in [2.05, 4.69) is 215 Å². The summed E-state index contributed by atoms with van der Waals surface area (Å²) in [6.07, 6.45) is 103. The zero-order valence-corrected chi connectivity index (χ0v) is 51.2. The molecule has 0 aromatic heterocycles. The van der Waals surface area contributed by atoms with Crippen molar-refractivity contribution in [2.24, 2.45) is 0 Å². The van der Waals surface area contributed by atoms with E-state index in [0.29, 0.717) is 19.3 Å². The van der Waals surface area contributed by atoms with E-state index < -0.39 is 12.1 Å². The predicted molar refractivity (Wildman–Crippen MR) is 352 cm³/mol. The van der Waals surface area contributed by atoms with Crippen molar-refractivity contribution in [1.29, 1.82) is 0 Å². The van der Waals surface area contributed by atoms with Crippen LogP contribution in [0.4, 0.5) is 0 Å². The first kappa shape index (κ1) is 75.0. The maximum atomic E-state index is 12.9. The largest absolute Gasteiger partial charge is 0.462 e. The van der Waals surface area contributed by atoms with Crippen molar-refractivity contribution in [3.05, 3.63) is 207 Å². The monoisotopic (exact) mass is 1110 g/mol. The van der Waals surface area contributed by atoms with Crippen LogP contribution in [0.2, 0.25) is 0 Å². The molecule has 0 aromatic carbocycles. The Morgan fingerprint density at radius 1 is 0.247 bits per heavy atom. The molecule has 0 saturated heterocycles. The van der Waals surface area contributed by atoms with Crippen LogP contribution in [0.5, 0.6) is 0 Å². The van der Waals surface area contributed by atoms with Crippen molar-refractivity contribution in [2.75, 3.05) is 13.2 Å². The predicted octanol–water partition coefficient (Wildman–Crippen LogP) is 22.0.